The molecule has 4 aromatic heterocycles. The van der Waals surface area contributed by atoms with E-state index in [0.717, 1.165) is 108 Å². The molecule has 2 fully saturated rings. The van der Waals surface area contributed by atoms with Crippen LogP contribution >= 0.6 is 11.3 Å². The lowest BCUT2D eigenvalue weighted by atomic mass is 9.73. The van der Waals surface area contributed by atoms with Crippen LogP contribution in [0.4, 0.5) is 21.6 Å². The van der Waals surface area contributed by atoms with Gasteiger partial charge in [-0.3, -0.25) is 14.6 Å². The van der Waals surface area contributed by atoms with Gasteiger partial charge in [0, 0.05) is 74.5 Å². The summed E-state index contributed by atoms with van der Waals surface area (Å²) < 4.78 is 19.7. The summed E-state index contributed by atoms with van der Waals surface area (Å²) in [6.07, 6.45) is 13.0. The summed E-state index contributed by atoms with van der Waals surface area (Å²) in [5.41, 5.74) is 7.97. The zero-order chi connectivity index (χ0) is 35.8. The summed E-state index contributed by atoms with van der Waals surface area (Å²) in [6, 6.07) is 12.7. The lowest BCUT2D eigenvalue weighted by Gasteiger charge is -2.53. The average Bonchev–Trinajstić information content (AvgIpc) is 3.76. The van der Waals surface area contributed by atoms with E-state index in [1.54, 1.807) is 28.4 Å². The third kappa shape index (κ3) is 6.52. The zero-order valence-electron chi connectivity index (χ0n) is 29.2. The Hall–Kier alpha value is -5.20. The number of pyridine rings is 2. The fourth-order valence-corrected chi connectivity index (χ4v) is 8.66. The summed E-state index contributed by atoms with van der Waals surface area (Å²) in [5.74, 6) is 1.05. The van der Waals surface area contributed by atoms with Crippen molar-refractivity contribution in [2.75, 3.05) is 55.0 Å². The van der Waals surface area contributed by atoms with Gasteiger partial charge in [-0.15, -0.1) is 11.3 Å². The van der Waals surface area contributed by atoms with Crippen LogP contribution in [0.5, 0.6) is 0 Å². The Labute approximate surface area is 305 Å². The Kier molecular flexibility index (Phi) is 9.18. The Morgan fingerprint density at radius 1 is 1.08 bits per heavy atom. The van der Waals surface area contributed by atoms with Gasteiger partial charge in [0.2, 0.25) is 0 Å². The van der Waals surface area contributed by atoms with Crippen LogP contribution in [-0.2, 0) is 17.6 Å². The number of rotatable bonds is 5. The maximum atomic E-state index is 14.3. The molecule has 9 rings (SSSR count). The number of benzene rings is 1. The molecule has 0 radical (unpaired) electrons. The zero-order valence-corrected chi connectivity index (χ0v) is 30.1. The Balaban J connectivity index is 0.000000181. The Morgan fingerprint density at radius 2 is 1.88 bits per heavy atom. The van der Waals surface area contributed by atoms with Gasteiger partial charge in [-0.25, -0.2) is 14.4 Å². The Morgan fingerprint density at radius 3 is 2.63 bits per heavy atom. The predicted octanol–water partition coefficient (Wildman–Crippen LogP) is 7.36. The highest BCUT2D eigenvalue weighted by Gasteiger charge is 2.44. The van der Waals surface area contributed by atoms with E-state index in [1.807, 2.05) is 38.4 Å². The van der Waals surface area contributed by atoms with Crippen molar-refractivity contribution in [3.63, 3.8) is 0 Å². The number of aryl methyl sites for hydroxylation is 2. The predicted molar refractivity (Wildman–Crippen MR) is 203 cm³/mol. The number of aromatic nitrogens is 4. The molecule has 5 aromatic rings. The smallest absolute Gasteiger partial charge is 0.258 e. The number of carbonyl (C=O) groups is 2. The van der Waals surface area contributed by atoms with Crippen LogP contribution in [0.2, 0.25) is 0 Å². The average molecular weight is 718 g/mol. The van der Waals surface area contributed by atoms with Gasteiger partial charge < -0.3 is 24.8 Å². The van der Waals surface area contributed by atoms with Gasteiger partial charge in [-0.05, 0) is 92.6 Å². The minimum absolute atomic E-state index is 0.169. The molecule has 0 saturated carbocycles. The van der Waals surface area contributed by atoms with E-state index >= 15 is 0 Å². The second kappa shape index (κ2) is 14.1. The van der Waals surface area contributed by atoms with Crippen molar-refractivity contribution in [1.82, 2.24) is 19.9 Å². The molecule has 0 unspecified atom stereocenters. The van der Waals surface area contributed by atoms with Crippen LogP contribution in [0.25, 0.3) is 27.3 Å². The summed E-state index contributed by atoms with van der Waals surface area (Å²) in [7, 11) is 1.83. The first kappa shape index (κ1) is 33.9. The van der Waals surface area contributed by atoms with E-state index in [-0.39, 0.29) is 5.91 Å². The van der Waals surface area contributed by atoms with Crippen LogP contribution in [-0.4, -0.2) is 72.0 Å². The molecule has 0 bridgehead atoms. The molecule has 10 nitrogen and oxygen atoms in total. The van der Waals surface area contributed by atoms with Gasteiger partial charge in [-0.1, -0.05) is 6.08 Å². The summed E-state index contributed by atoms with van der Waals surface area (Å²) in [5, 5.41) is 3.05. The molecule has 4 aliphatic rings. The standard InChI is InChI=1S/C26H22FN5OS.C14H18N2O2/c1-28-18-8-6-15(7-9-18)26(33)32-11-10-16-12-22(25-30-19-4-2-3-5-20(19)31-25)34-24(16)23-21(32)13-17(27)14-29-23;1-11-6-12(8-17)13(15-7-11)16-9-14(10-16)2-4-18-5-3-14/h2,4,6-9,12-14,28H,3,5,10-11H2,1H3,(H,30,31);6-8H,2-5,9-10H2,1H3. The van der Waals surface area contributed by atoms with Crippen LogP contribution in [0.3, 0.4) is 0 Å². The minimum atomic E-state index is -0.465. The number of anilines is 3. The number of fused-ring (bicyclic) bond motifs is 4. The van der Waals surface area contributed by atoms with Crippen molar-refractivity contribution in [3.05, 3.63) is 100 Å². The van der Waals surface area contributed by atoms with E-state index < -0.39 is 5.82 Å². The number of carbonyl (C=O) groups excluding carboxylic acids is 2. The fraction of sp³-hybridized carbons (Fsp3) is 0.325. The number of hydrogen-bond acceptors (Lipinski definition) is 9. The molecule has 12 heteroatoms. The maximum absolute atomic E-state index is 14.3. The van der Waals surface area contributed by atoms with Gasteiger partial charge in [-0.2, -0.15) is 0 Å². The molecule has 2 N–H and O–H groups in total. The third-order valence-electron chi connectivity index (χ3n) is 10.4. The summed E-state index contributed by atoms with van der Waals surface area (Å²) in [4.78, 5) is 47.5. The lowest BCUT2D eigenvalue weighted by Crippen LogP contribution is -2.59. The number of allylic oxidation sites excluding steroid dienone is 1. The molecule has 2 saturated heterocycles. The summed E-state index contributed by atoms with van der Waals surface area (Å²) in [6.45, 7) is 6.15. The largest absolute Gasteiger partial charge is 0.388 e. The topological polar surface area (TPSA) is 116 Å². The highest BCUT2D eigenvalue weighted by molar-refractivity contribution is 7.19. The quantitative estimate of drug-likeness (QED) is 0.181. The number of hydrogen-bond donors (Lipinski definition) is 2. The number of H-pyrrole nitrogens is 1. The Bertz CT molecular complexity index is 2160. The first-order valence-electron chi connectivity index (χ1n) is 17.7. The molecule has 1 aliphatic carbocycles. The minimum Gasteiger partial charge on any atom is -0.388 e. The van der Waals surface area contributed by atoms with Gasteiger partial charge >= 0.3 is 0 Å². The normalized spacial score (nSPS) is 16.8. The van der Waals surface area contributed by atoms with Gasteiger partial charge in [0.1, 0.15) is 23.2 Å². The molecule has 0 atom stereocenters. The number of thiophene rings is 1. The second-order valence-electron chi connectivity index (χ2n) is 13.9. The van der Waals surface area contributed by atoms with Crippen molar-refractivity contribution in [2.45, 2.75) is 39.0 Å². The number of amides is 1. The molecule has 52 heavy (non-hydrogen) atoms. The molecule has 3 aliphatic heterocycles. The molecule has 7 heterocycles. The molecule has 1 aromatic carbocycles. The molecule has 1 amide bonds. The lowest BCUT2D eigenvalue weighted by molar-refractivity contribution is -0.000497. The number of halogens is 1. The fourth-order valence-electron chi connectivity index (χ4n) is 7.50. The van der Waals surface area contributed by atoms with E-state index in [2.05, 4.69) is 43.4 Å². The molecular weight excluding hydrogens is 678 g/mol. The number of nitrogens with zero attached hydrogens (tertiary/aromatic N) is 5. The number of aldehydes is 1. The van der Waals surface area contributed by atoms with E-state index in [4.69, 9.17) is 9.72 Å². The van der Waals surface area contributed by atoms with Crippen LogP contribution in [0.15, 0.2) is 60.9 Å². The van der Waals surface area contributed by atoms with Gasteiger partial charge in [0.25, 0.3) is 5.91 Å². The van der Waals surface area contributed by atoms with Crippen LogP contribution < -0.4 is 15.1 Å². The van der Waals surface area contributed by atoms with Crippen molar-refractivity contribution < 1.29 is 18.7 Å². The van der Waals surface area contributed by atoms with Crippen molar-refractivity contribution in [3.8, 4) is 21.3 Å². The summed E-state index contributed by atoms with van der Waals surface area (Å²) >= 11 is 1.58. The SMILES string of the molecule is CNc1ccc(C(=O)N2CCc3cc(-c4nc5c([nH]4)CCC=C5)sc3-c3ncc(F)cc32)cc1.Cc1cnc(N2CC3(CCOCC3)C2)c(C=O)c1. The molecule has 266 valence electrons. The highest BCUT2D eigenvalue weighted by Crippen LogP contribution is 2.44. The first-order chi connectivity index (χ1) is 25.3. The molecule has 1 spiro atoms. The second-order valence-corrected chi connectivity index (χ2v) is 15.0. The third-order valence-corrected chi connectivity index (χ3v) is 11.6. The maximum Gasteiger partial charge on any atom is 0.258 e. The first-order valence-corrected chi connectivity index (χ1v) is 18.5. The number of aromatic amines is 1. The number of ether oxygens (including phenoxy) is 1. The van der Waals surface area contributed by atoms with Crippen molar-refractivity contribution >= 4 is 46.8 Å². The highest BCUT2D eigenvalue weighted by atomic mass is 32.1. The van der Waals surface area contributed by atoms with Crippen LogP contribution in [0, 0.1) is 18.2 Å². The van der Waals surface area contributed by atoms with Crippen LogP contribution in [0.1, 0.15) is 62.5 Å². The van der Waals surface area contributed by atoms with E-state index in [9.17, 15) is 14.0 Å². The molecular formula is C40H40FN7O3S. The van der Waals surface area contributed by atoms with Gasteiger partial charge in [0.05, 0.1) is 32.9 Å². The number of imidazole rings is 1. The van der Waals surface area contributed by atoms with E-state index in [1.165, 1.54) is 12.3 Å². The van der Waals surface area contributed by atoms with Crippen molar-refractivity contribution in [1.29, 1.82) is 0 Å². The number of nitrogens with one attached hydrogen (secondary N) is 2. The monoisotopic (exact) mass is 717 g/mol. The van der Waals surface area contributed by atoms with E-state index in [0.29, 0.717) is 40.9 Å². The van der Waals surface area contributed by atoms with Crippen molar-refractivity contribution in [2.24, 2.45) is 5.41 Å². The van der Waals surface area contributed by atoms with Gasteiger partial charge in [0.15, 0.2) is 6.29 Å².